The summed E-state index contributed by atoms with van der Waals surface area (Å²) >= 11 is 0. The van der Waals surface area contributed by atoms with Crippen LogP contribution < -0.4 is 11.1 Å². The number of hydrogen-bond donors (Lipinski definition) is 2. The van der Waals surface area contributed by atoms with E-state index in [0.29, 0.717) is 6.54 Å². The second-order valence-electron chi connectivity index (χ2n) is 3.65. The van der Waals surface area contributed by atoms with Gasteiger partial charge in [0, 0.05) is 12.6 Å². The van der Waals surface area contributed by atoms with Gasteiger partial charge >= 0.3 is 0 Å². The normalized spacial score (nSPS) is 13.2. The van der Waals surface area contributed by atoms with Crippen molar-refractivity contribution in [1.29, 1.82) is 0 Å². The summed E-state index contributed by atoms with van der Waals surface area (Å²) in [6, 6.07) is 6.58. The lowest BCUT2D eigenvalue weighted by Gasteiger charge is -2.16. The fraction of sp³-hybridized carbons (Fsp3) is 0.385. The molecular weight excluding hydrogens is 203 g/mol. The molecule has 1 rings (SSSR count). The third-order valence-corrected chi connectivity index (χ3v) is 2.45. The van der Waals surface area contributed by atoms with Crippen molar-refractivity contribution in [2.75, 3.05) is 13.1 Å². The molecule has 16 heavy (non-hydrogen) atoms. The van der Waals surface area contributed by atoms with E-state index in [1.54, 1.807) is 12.1 Å². The lowest BCUT2D eigenvalue weighted by molar-refractivity contribution is 0.546. The maximum absolute atomic E-state index is 12.7. The molecule has 0 spiro atoms. The fourth-order valence-corrected chi connectivity index (χ4v) is 1.54. The molecule has 0 aliphatic rings. The lowest BCUT2D eigenvalue weighted by atomic mass is 10.1. The molecule has 0 saturated heterocycles. The molecule has 1 aromatic carbocycles. The summed E-state index contributed by atoms with van der Waals surface area (Å²) in [5, 5.41) is 3.34. The molecule has 88 valence electrons. The quantitative estimate of drug-likeness (QED) is 0.573. The second kappa shape index (κ2) is 7.14. The molecular formula is C13H19FN2. The van der Waals surface area contributed by atoms with Crippen LogP contribution in [0.5, 0.6) is 0 Å². The number of halogens is 1. The van der Waals surface area contributed by atoms with Gasteiger partial charge in [-0.1, -0.05) is 24.3 Å². The van der Waals surface area contributed by atoms with Crippen molar-refractivity contribution < 1.29 is 4.39 Å². The largest absolute Gasteiger partial charge is 0.329 e. The van der Waals surface area contributed by atoms with Crippen LogP contribution in [0.25, 0.3) is 0 Å². The summed E-state index contributed by atoms with van der Waals surface area (Å²) in [4.78, 5) is 0. The van der Waals surface area contributed by atoms with Crippen molar-refractivity contribution in [1.82, 2.24) is 5.32 Å². The maximum Gasteiger partial charge on any atom is 0.123 e. The van der Waals surface area contributed by atoms with E-state index in [0.717, 1.165) is 18.5 Å². The highest BCUT2D eigenvalue weighted by Gasteiger charge is 2.07. The molecule has 1 atom stereocenters. The van der Waals surface area contributed by atoms with Crippen LogP contribution >= 0.6 is 0 Å². The zero-order valence-electron chi connectivity index (χ0n) is 9.62. The first-order valence-corrected chi connectivity index (χ1v) is 5.58. The number of hydrogen-bond acceptors (Lipinski definition) is 2. The van der Waals surface area contributed by atoms with Crippen LogP contribution in [0.2, 0.25) is 0 Å². The van der Waals surface area contributed by atoms with Gasteiger partial charge in [-0.2, -0.15) is 0 Å². The van der Waals surface area contributed by atoms with Crippen LogP contribution in [-0.2, 0) is 0 Å². The van der Waals surface area contributed by atoms with Crippen molar-refractivity contribution in [3.8, 4) is 0 Å². The fourth-order valence-electron chi connectivity index (χ4n) is 1.54. The van der Waals surface area contributed by atoms with Crippen LogP contribution in [0.15, 0.2) is 36.4 Å². The average molecular weight is 222 g/mol. The van der Waals surface area contributed by atoms with E-state index < -0.39 is 0 Å². The van der Waals surface area contributed by atoms with E-state index in [9.17, 15) is 4.39 Å². The summed E-state index contributed by atoms with van der Waals surface area (Å²) in [6.45, 7) is 3.39. The molecule has 2 nitrogen and oxygen atoms in total. The molecule has 0 fully saturated rings. The van der Waals surface area contributed by atoms with Crippen LogP contribution in [0.4, 0.5) is 4.39 Å². The number of nitrogens with two attached hydrogens (primary N) is 1. The Morgan fingerprint density at radius 1 is 1.38 bits per heavy atom. The molecule has 1 aromatic rings. The molecule has 3 heteroatoms. The molecule has 0 saturated carbocycles. The summed E-state index contributed by atoms with van der Waals surface area (Å²) in [6.07, 6.45) is 5.11. The van der Waals surface area contributed by atoms with E-state index in [2.05, 4.69) is 11.4 Å². The van der Waals surface area contributed by atoms with Crippen molar-refractivity contribution in [3.63, 3.8) is 0 Å². The Bertz CT molecular complexity index is 319. The summed E-state index contributed by atoms with van der Waals surface area (Å²) in [5.41, 5.74) is 6.72. The number of benzene rings is 1. The topological polar surface area (TPSA) is 38.0 Å². The van der Waals surface area contributed by atoms with Gasteiger partial charge in [-0.05, 0) is 37.6 Å². The molecule has 0 amide bonds. The Balaban J connectivity index is 2.50. The molecule has 0 aliphatic carbocycles. The van der Waals surface area contributed by atoms with E-state index in [1.807, 2.05) is 13.0 Å². The predicted octanol–water partition coefficient (Wildman–Crippen LogP) is 2.38. The van der Waals surface area contributed by atoms with Crippen LogP contribution in [0.3, 0.4) is 0 Å². The monoisotopic (exact) mass is 222 g/mol. The Labute approximate surface area is 96.4 Å². The van der Waals surface area contributed by atoms with Crippen LogP contribution in [-0.4, -0.2) is 13.1 Å². The Morgan fingerprint density at radius 2 is 2.06 bits per heavy atom. The van der Waals surface area contributed by atoms with Gasteiger partial charge in [-0.15, -0.1) is 0 Å². The van der Waals surface area contributed by atoms with Crippen LogP contribution in [0, 0.1) is 5.82 Å². The minimum Gasteiger partial charge on any atom is -0.329 e. The minimum atomic E-state index is -0.214. The van der Waals surface area contributed by atoms with E-state index in [-0.39, 0.29) is 11.9 Å². The van der Waals surface area contributed by atoms with E-state index >= 15 is 0 Å². The summed E-state index contributed by atoms with van der Waals surface area (Å²) < 4.78 is 12.7. The van der Waals surface area contributed by atoms with Gasteiger partial charge in [-0.25, -0.2) is 4.39 Å². The molecule has 0 aliphatic heterocycles. The van der Waals surface area contributed by atoms with Gasteiger partial charge in [-0.3, -0.25) is 0 Å². The minimum absolute atomic E-state index is 0.103. The first-order chi connectivity index (χ1) is 7.77. The SMILES string of the molecule is C/C=C/CCNC(CN)c1ccc(F)cc1. The Morgan fingerprint density at radius 3 is 2.62 bits per heavy atom. The van der Waals surface area contributed by atoms with Gasteiger partial charge in [0.2, 0.25) is 0 Å². The van der Waals surface area contributed by atoms with E-state index in [4.69, 9.17) is 5.73 Å². The zero-order valence-corrected chi connectivity index (χ0v) is 9.62. The first-order valence-electron chi connectivity index (χ1n) is 5.58. The first kappa shape index (κ1) is 12.9. The standard InChI is InChI=1S/C13H19FN2/c1-2-3-4-9-16-13(10-15)11-5-7-12(14)8-6-11/h2-3,5-8,13,16H,4,9-10,15H2,1H3/b3-2+. The van der Waals surface area contributed by atoms with Gasteiger partial charge in [0.1, 0.15) is 5.82 Å². The average Bonchev–Trinajstić information content (AvgIpc) is 2.31. The third kappa shape index (κ3) is 4.13. The number of nitrogens with one attached hydrogen (secondary N) is 1. The molecule has 0 aromatic heterocycles. The second-order valence-corrected chi connectivity index (χ2v) is 3.65. The Hall–Kier alpha value is -1.19. The van der Waals surface area contributed by atoms with Crippen molar-refractivity contribution in [3.05, 3.63) is 47.8 Å². The van der Waals surface area contributed by atoms with Crippen LogP contribution in [0.1, 0.15) is 24.9 Å². The highest BCUT2D eigenvalue weighted by atomic mass is 19.1. The highest BCUT2D eigenvalue weighted by molar-refractivity contribution is 5.20. The summed E-state index contributed by atoms with van der Waals surface area (Å²) in [7, 11) is 0. The molecule has 0 bridgehead atoms. The molecule has 1 unspecified atom stereocenters. The number of allylic oxidation sites excluding steroid dienone is 1. The third-order valence-electron chi connectivity index (χ3n) is 2.45. The highest BCUT2D eigenvalue weighted by Crippen LogP contribution is 2.12. The molecule has 0 radical (unpaired) electrons. The maximum atomic E-state index is 12.7. The molecule has 3 N–H and O–H groups in total. The van der Waals surface area contributed by atoms with Gasteiger partial charge in [0.15, 0.2) is 0 Å². The van der Waals surface area contributed by atoms with Crippen molar-refractivity contribution >= 4 is 0 Å². The van der Waals surface area contributed by atoms with Crippen molar-refractivity contribution in [2.24, 2.45) is 5.73 Å². The Kier molecular flexibility index (Phi) is 5.75. The zero-order chi connectivity index (χ0) is 11.8. The van der Waals surface area contributed by atoms with Gasteiger partial charge < -0.3 is 11.1 Å². The smallest absolute Gasteiger partial charge is 0.123 e. The van der Waals surface area contributed by atoms with Gasteiger partial charge in [0.05, 0.1) is 0 Å². The lowest BCUT2D eigenvalue weighted by Crippen LogP contribution is -2.28. The molecule has 0 heterocycles. The summed E-state index contributed by atoms with van der Waals surface area (Å²) in [5.74, 6) is -0.214. The number of rotatable bonds is 6. The predicted molar refractivity (Wildman–Crippen MR) is 65.6 cm³/mol. The van der Waals surface area contributed by atoms with Crippen molar-refractivity contribution in [2.45, 2.75) is 19.4 Å². The van der Waals surface area contributed by atoms with E-state index in [1.165, 1.54) is 12.1 Å². The van der Waals surface area contributed by atoms with Gasteiger partial charge in [0.25, 0.3) is 0 Å².